The largest absolute Gasteiger partial charge is 0.419 e. The highest BCUT2D eigenvalue weighted by Crippen LogP contribution is 2.48. The van der Waals surface area contributed by atoms with E-state index in [9.17, 15) is 18.0 Å². The molecule has 1 amide bonds. The van der Waals surface area contributed by atoms with Gasteiger partial charge in [0.25, 0.3) is 5.91 Å². The van der Waals surface area contributed by atoms with E-state index in [-0.39, 0.29) is 16.7 Å². The molecule has 1 aliphatic heterocycles. The molecule has 4 rings (SSSR count). The fraction of sp³-hybridized carbons (Fsp3) is 0.417. The number of benzene rings is 1. The summed E-state index contributed by atoms with van der Waals surface area (Å²) in [5.41, 5.74) is -1.07. The molecule has 1 spiro atoms. The number of aromatic nitrogens is 1. The summed E-state index contributed by atoms with van der Waals surface area (Å²) in [4.78, 5) is 19.9. The molecule has 9 heteroatoms. The van der Waals surface area contributed by atoms with Crippen molar-refractivity contribution < 1.29 is 18.0 Å². The highest BCUT2D eigenvalue weighted by atomic mass is 32.1. The number of amides is 1. The molecule has 0 atom stereocenters. The van der Waals surface area contributed by atoms with Gasteiger partial charge in [-0.3, -0.25) is 9.69 Å². The van der Waals surface area contributed by atoms with E-state index in [0.717, 1.165) is 34.8 Å². The molecule has 2 heterocycles. The Morgan fingerprint density at radius 3 is 2.21 bits per heavy atom. The van der Waals surface area contributed by atoms with E-state index in [1.54, 1.807) is 4.90 Å². The van der Waals surface area contributed by atoms with Gasteiger partial charge in [0.15, 0.2) is 10.8 Å². The van der Waals surface area contributed by atoms with Crippen molar-refractivity contribution in [2.45, 2.75) is 64.6 Å². The maximum absolute atomic E-state index is 13.4. The zero-order valence-corrected chi connectivity index (χ0v) is 19.7. The van der Waals surface area contributed by atoms with Gasteiger partial charge in [0, 0.05) is 5.69 Å². The van der Waals surface area contributed by atoms with Crippen molar-refractivity contribution in [2.24, 2.45) is 0 Å². The summed E-state index contributed by atoms with van der Waals surface area (Å²) in [6.07, 6.45) is -1.74. The van der Waals surface area contributed by atoms with Crippen molar-refractivity contribution in [3.63, 3.8) is 0 Å². The van der Waals surface area contributed by atoms with Crippen LogP contribution in [0.15, 0.2) is 36.5 Å². The van der Waals surface area contributed by atoms with Crippen LogP contribution in [0, 0.1) is 11.3 Å². The zero-order chi connectivity index (χ0) is 24.6. The molecule has 1 saturated carbocycles. The number of thiocarbonyl (C=S) groups is 1. The molecule has 0 N–H and O–H groups in total. The highest BCUT2D eigenvalue weighted by molar-refractivity contribution is 7.81. The first-order valence-corrected chi connectivity index (χ1v) is 11.3. The summed E-state index contributed by atoms with van der Waals surface area (Å²) < 4.78 is 40.3. The average Bonchev–Trinajstić information content (AvgIpc) is 3.01. The van der Waals surface area contributed by atoms with Crippen LogP contribution in [0.25, 0.3) is 0 Å². The maximum atomic E-state index is 13.4. The van der Waals surface area contributed by atoms with Crippen molar-refractivity contribution in [1.82, 2.24) is 4.98 Å². The van der Waals surface area contributed by atoms with E-state index >= 15 is 0 Å². The van der Waals surface area contributed by atoms with Crippen LogP contribution in [0.2, 0.25) is 0 Å². The highest BCUT2D eigenvalue weighted by Gasteiger charge is 2.59. The molecule has 0 unspecified atom stereocenters. The van der Waals surface area contributed by atoms with Crippen LogP contribution in [0.1, 0.15) is 69.7 Å². The second-order valence-corrected chi connectivity index (χ2v) is 8.45. The summed E-state index contributed by atoms with van der Waals surface area (Å²) in [6, 6.07) is 9.93. The van der Waals surface area contributed by atoms with Gasteiger partial charge in [0.1, 0.15) is 11.6 Å². The number of halogens is 3. The lowest BCUT2D eigenvalue weighted by molar-refractivity contribution is -0.138. The minimum Gasteiger partial charge on any atom is -0.303 e. The number of rotatable bonds is 3. The molecule has 2 aromatic rings. The molecule has 1 aromatic heterocycles. The molecule has 174 valence electrons. The average molecular weight is 475 g/mol. The second-order valence-electron chi connectivity index (χ2n) is 8.09. The first-order chi connectivity index (χ1) is 15.6. The minimum absolute atomic E-state index is 0.0890. The molecule has 1 aromatic carbocycles. The minimum atomic E-state index is -4.78. The number of pyridine rings is 1. The zero-order valence-electron chi connectivity index (χ0n) is 18.9. The predicted molar refractivity (Wildman–Crippen MR) is 125 cm³/mol. The summed E-state index contributed by atoms with van der Waals surface area (Å²) in [6.45, 7) is 8.15. The van der Waals surface area contributed by atoms with Crippen molar-refractivity contribution in [3.8, 4) is 6.07 Å². The third kappa shape index (κ3) is 4.08. The standard InChI is InChI=1S/C22H19F3N4OS.C2H6/c1-13(2)14-4-6-15(7-5-14)29-20(31)28(19(30)21(29)8-3-9-21)16-10-17(22(23,24)25)18(11-26)27-12-16;1-2/h4-7,10,12-13H,3,8-9H2,1-2H3;1-2H3. The van der Waals surface area contributed by atoms with Gasteiger partial charge >= 0.3 is 6.18 Å². The van der Waals surface area contributed by atoms with E-state index in [2.05, 4.69) is 18.8 Å². The number of anilines is 2. The van der Waals surface area contributed by atoms with Gasteiger partial charge in [-0.1, -0.05) is 39.8 Å². The van der Waals surface area contributed by atoms with Crippen LogP contribution >= 0.6 is 12.2 Å². The number of carbonyl (C=O) groups is 1. The molecular weight excluding hydrogens is 449 g/mol. The number of carbonyl (C=O) groups excluding carboxylic acids is 1. The molecule has 2 aliphatic rings. The van der Waals surface area contributed by atoms with E-state index in [1.807, 2.05) is 38.1 Å². The Labute approximate surface area is 196 Å². The summed E-state index contributed by atoms with van der Waals surface area (Å²) in [5.74, 6) is -0.0304. The van der Waals surface area contributed by atoms with Gasteiger partial charge in [0.05, 0.1) is 17.4 Å². The third-order valence-electron chi connectivity index (χ3n) is 5.95. The number of nitrogens with zero attached hydrogens (tertiary/aromatic N) is 4. The number of nitriles is 1. The Morgan fingerprint density at radius 2 is 1.76 bits per heavy atom. The van der Waals surface area contributed by atoms with Crippen LogP contribution < -0.4 is 9.80 Å². The summed E-state index contributed by atoms with van der Waals surface area (Å²) in [5, 5.41) is 9.11. The molecule has 1 aliphatic carbocycles. The Balaban J connectivity index is 0.00000149. The molecule has 5 nitrogen and oxygen atoms in total. The van der Waals surface area contributed by atoms with Gasteiger partial charge in [-0.15, -0.1) is 0 Å². The van der Waals surface area contributed by atoms with Crippen LogP contribution in [0.4, 0.5) is 24.5 Å². The second kappa shape index (κ2) is 9.10. The smallest absolute Gasteiger partial charge is 0.303 e. The lowest BCUT2D eigenvalue weighted by atomic mass is 9.75. The normalized spacial score (nSPS) is 17.1. The number of alkyl halides is 3. The van der Waals surface area contributed by atoms with Crippen molar-refractivity contribution in [2.75, 3.05) is 9.80 Å². The van der Waals surface area contributed by atoms with Gasteiger partial charge in [-0.25, -0.2) is 4.98 Å². The molecule has 0 bridgehead atoms. The molecular formula is C24H25F3N4OS. The first kappa shape index (κ1) is 24.6. The van der Waals surface area contributed by atoms with Gasteiger partial charge in [-0.2, -0.15) is 18.4 Å². The monoisotopic (exact) mass is 474 g/mol. The van der Waals surface area contributed by atoms with Crippen LogP contribution in [0.3, 0.4) is 0 Å². The Bertz CT molecular complexity index is 1100. The van der Waals surface area contributed by atoms with Gasteiger partial charge in [-0.05, 0) is 61.2 Å². The molecule has 0 radical (unpaired) electrons. The van der Waals surface area contributed by atoms with Crippen LogP contribution in [0.5, 0.6) is 0 Å². The van der Waals surface area contributed by atoms with Gasteiger partial charge < -0.3 is 4.90 Å². The quantitative estimate of drug-likeness (QED) is 0.497. The topological polar surface area (TPSA) is 60.2 Å². The molecule has 1 saturated heterocycles. The molecule has 2 fully saturated rings. The van der Waals surface area contributed by atoms with E-state index in [1.165, 1.54) is 6.07 Å². The van der Waals surface area contributed by atoms with Crippen LogP contribution in [-0.4, -0.2) is 21.5 Å². The number of hydrogen-bond acceptors (Lipinski definition) is 4. The SMILES string of the molecule is CC.CC(C)c1ccc(N2C(=S)N(c3cnc(C#N)c(C(F)(F)F)c3)C(=O)C23CCC3)cc1. The van der Waals surface area contributed by atoms with Crippen molar-refractivity contribution in [1.29, 1.82) is 5.26 Å². The lowest BCUT2D eigenvalue weighted by Crippen LogP contribution is -2.55. The Hall–Kier alpha value is -2.99. The van der Waals surface area contributed by atoms with E-state index in [4.69, 9.17) is 17.5 Å². The fourth-order valence-electron chi connectivity index (χ4n) is 4.10. The van der Waals surface area contributed by atoms with Crippen molar-refractivity contribution in [3.05, 3.63) is 53.3 Å². The lowest BCUT2D eigenvalue weighted by Gasteiger charge is -2.43. The number of hydrogen-bond donors (Lipinski definition) is 0. The predicted octanol–water partition coefficient (Wildman–Crippen LogP) is 6.18. The maximum Gasteiger partial charge on any atom is 0.419 e. The van der Waals surface area contributed by atoms with E-state index < -0.39 is 23.0 Å². The fourth-order valence-corrected chi connectivity index (χ4v) is 4.57. The first-order valence-electron chi connectivity index (χ1n) is 10.9. The summed E-state index contributed by atoms with van der Waals surface area (Å²) >= 11 is 5.59. The van der Waals surface area contributed by atoms with Gasteiger partial charge in [0.2, 0.25) is 0 Å². The van der Waals surface area contributed by atoms with Crippen LogP contribution in [-0.2, 0) is 11.0 Å². The molecule has 33 heavy (non-hydrogen) atoms. The Kier molecular flexibility index (Phi) is 6.80. The van der Waals surface area contributed by atoms with Crippen molar-refractivity contribution >= 4 is 34.6 Å². The summed E-state index contributed by atoms with van der Waals surface area (Å²) in [7, 11) is 0. The Morgan fingerprint density at radius 1 is 1.15 bits per heavy atom. The third-order valence-corrected chi connectivity index (χ3v) is 6.32. The van der Waals surface area contributed by atoms with E-state index in [0.29, 0.717) is 18.8 Å².